The number of nitrogens with two attached hydrogens (primary N) is 1. The molecule has 0 unspecified atom stereocenters. The molecule has 1 atom stereocenters. The van der Waals surface area contributed by atoms with Gasteiger partial charge in [0.05, 0.1) is 0 Å². The topological polar surface area (TPSA) is 114 Å². The van der Waals surface area contributed by atoms with Gasteiger partial charge in [0.25, 0.3) is 11.8 Å². The number of nitrogens with zero attached hydrogens (tertiary/aromatic N) is 1. The summed E-state index contributed by atoms with van der Waals surface area (Å²) in [7, 11) is 0. The van der Waals surface area contributed by atoms with E-state index in [0.717, 1.165) is 4.47 Å². The van der Waals surface area contributed by atoms with Gasteiger partial charge in [-0.2, -0.15) is 0 Å². The Hall–Kier alpha value is -2.29. The van der Waals surface area contributed by atoms with Gasteiger partial charge in [-0.3, -0.25) is 20.4 Å². The molecule has 9 heteroatoms. The predicted octanol–water partition coefficient (Wildman–Crippen LogP) is 0.518. The fraction of sp³-hybridized carbons (Fsp3) is 0.357. The highest BCUT2D eigenvalue weighted by atomic mass is 79.9. The zero-order valence-electron chi connectivity index (χ0n) is 12.3. The van der Waals surface area contributed by atoms with E-state index in [1.807, 2.05) is 0 Å². The molecular formula is C14H17BrN4O4. The number of primary amides is 1. The number of ether oxygens (including phenoxy) is 1. The molecule has 0 saturated carbocycles. The first-order chi connectivity index (χ1) is 11.0. The number of carbonyl (C=O) groups is 3. The number of halogens is 1. The average molecular weight is 385 g/mol. The standard InChI is InChI=1S/C14H17BrN4O4/c15-9-3-5-10(6-4-9)23-8-12(20)17-18-13(21)11-2-1-7-19(11)14(16)22/h3-6,11H,1-2,7-8H2,(H2,16,22)(H,17,20)(H,18,21)/t11-/m0/s1. The van der Waals surface area contributed by atoms with Crippen LogP contribution >= 0.6 is 15.9 Å². The number of benzene rings is 1. The summed E-state index contributed by atoms with van der Waals surface area (Å²) in [5.41, 5.74) is 9.73. The van der Waals surface area contributed by atoms with Crippen LogP contribution in [0.3, 0.4) is 0 Å². The van der Waals surface area contributed by atoms with Crippen LogP contribution in [-0.2, 0) is 9.59 Å². The highest BCUT2D eigenvalue weighted by Crippen LogP contribution is 2.17. The van der Waals surface area contributed by atoms with Crippen molar-refractivity contribution in [3.05, 3.63) is 28.7 Å². The molecule has 0 spiro atoms. The molecule has 1 fully saturated rings. The van der Waals surface area contributed by atoms with Crippen LogP contribution in [0.25, 0.3) is 0 Å². The smallest absolute Gasteiger partial charge is 0.315 e. The maximum Gasteiger partial charge on any atom is 0.315 e. The van der Waals surface area contributed by atoms with Crippen molar-refractivity contribution in [1.82, 2.24) is 15.8 Å². The minimum Gasteiger partial charge on any atom is -0.484 e. The van der Waals surface area contributed by atoms with E-state index in [2.05, 4.69) is 26.8 Å². The number of hydrogen-bond acceptors (Lipinski definition) is 4. The zero-order chi connectivity index (χ0) is 16.8. The third-order valence-corrected chi connectivity index (χ3v) is 3.88. The summed E-state index contributed by atoms with van der Waals surface area (Å²) < 4.78 is 6.17. The molecule has 8 nitrogen and oxygen atoms in total. The van der Waals surface area contributed by atoms with Gasteiger partial charge in [0.2, 0.25) is 0 Å². The Morgan fingerprint density at radius 3 is 2.61 bits per heavy atom. The van der Waals surface area contributed by atoms with Crippen molar-refractivity contribution in [3.8, 4) is 5.75 Å². The highest BCUT2D eigenvalue weighted by molar-refractivity contribution is 9.10. The fourth-order valence-electron chi connectivity index (χ4n) is 2.23. The van der Waals surface area contributed by atoms with Gasteiger partial charge in [0.15, 0.2) is 6.61 Å². The molecule has 1 saturated heterocycles. The molecule has 1 aliphatic heterocycles. The Morgan fingerprint density at radius 1 is 1.26 bits per heavy atom. The lowest BCUT2D eigenvalue weighted by Crippen LogP contribution is -2.53. The summed E-state index contributed by atoms with van der Waals surface area (Å²) in [5.74, 6) is -0.450. The molecular weight excluding hydrogens is 368 g/mol. The minimum absolute atomic E-state index is 0.244. The van der Waals surface area contributed by atoms with Gasteiger partial charge in [-0.05, 0) is 37.1 Å². The number of urea groups is 1. The molecule has 124 valence electrons. The van der Waals surface area contributed by atoms with E-state index in [4.69, 9.17) is 10.5 Å². The molecule has 0 aliphatic carbocycles. The summed E-state index contributed by atoms with van der Waals surface area (Å²) in [6, 6.07) is 5.69. The van der Waals surface area contributed by atoms with Crippen LogP contribution in [0.2, 0.25) is 0 Å². The van der Waals surface area contributed by atoms with Crippen LogP contribution < -0.4 is 21.3 Å². The number of likely N-dealkylation sites (tertiary alicyclic amines) is 1. The zero-order valence-corrected chi connectivity index (χ0v) is 13.8. The van der Waals surface area contributed by atoms with Gasteiger partial charge in [-0.1, -0.05) is 15.9 Å². The fourth-order valence-corrected chi connectivity index (χ4v) is 2.50. The number of carbonyl (C=O) groups excluding carboxylic acids is 3. The molecule has 4 N–H and O–H groups in total. The lowest BCUT2D eigenvalue weighted by atomic mass is 10.2. The van der Waals surface area contributed by atoms with E-state index in [-0.39, 0.29) is 6.61 Å². The Labute approximate surface area is 141 Å². The Kier molecular flexibility index (Phi) is 5.80. The first-order valence-electron chi connectivity index (χ1n) is 7.00. The van der Waals surface area contributed by atoms with Crippen molar-refractivity contribution in [3.63, 3.8) is 0 Å². The van der Waals surface area contributed by atoms with Crippen molar-refractivity contribution in [1.29, 1.82) is 0 Å². The van der Waals surface area contributed by atoms with Gasteiger partial charge in [0.1, 0.15) is 11.8 Å². The Bertz CT molecular complexity index is 593. The van der Waals surface area contributed by atoms with Crippen LogP contribution in [-0.4, -0.2) is 41.9 Å². The molecule has 0 radical (unpaired) electrons. The van der Waals surface area contributed by atoms with Crippen LogP contribution in [0.5, 0.6) is 5.75 Å². The van der Waals surface area contributed by atoms with Gasteiger partial charge < -0.3 is 15.4 Å². The maximum absolute atomic E-state index is 12.0. The molecule has 1 heterocycles. The van der Waals surface area contributed by atoms with Gasteiger partial charge in [0, 0.05) is 11.0 Å². The quantitative estimate of drug-likeness (QED) is 0.656. The second-order valence-electron chi connectivity index (χ2n) is 4.97. The van der Waals surface area contributed by atoms with Crippen LogP contribution in [0.15, 0.2) is 28.7 Å². The highest BCUT2D eigenvalue weighted by Gasteiger charge is 2.33. The maximum atomic E-state index is 12.0. The summed E-state index contributed by atoms with van der Waals surface area (Å²) in [6.45, 7) is 0.195. The van der Waals surface area contributed by atoms with E-state index in [0.29, 0.717) is 25.1 Å². The second kappa shape index (κ2) is 7.82. The van der Waals surface area contributed by atoms with Gasteiger partial charge in [-0.15, -0.1) is 0 Å². The lowest BCUT2D eigenvalue weighted by Gasteiger charge is -2.21. The van der Waals surface area contributed by atoms with Gasteiger partial charge >= 0.3 is 6.03 Å². The molecule has 0 aromatic heterocycles. The van der Waals surface area contributed by atoms with Crippen molar-refractivity contribution in [2.24, 2.45) is 5.73 Å². The molecule has 23 heavy (non-hydrogen) atoms. The second-order valence-corrected chi connectivity index (χ2v) is 5.89. The number of amides is 4. The Morgan fingerprint density at radius 2 is 1.96 bits per heavy atom. The largest absolute Gasteiger partial charge is 0.484 e. The minimum atomic E-state index is -0.653. The number of nitrogens with one attached hydrogen (secondary N) is 2. The summed E-state index contributed by atoms with van der Waals surface area (Å²) >= 11 is 3.29. The molecule has 2 rings (SSSR count). The van der Waals surface area contributed by atoms with Crippen molar-refractivity contribution < 1.29 is 19.1 Å². The van der Waals surface area contributed by atoms with E-state index in [1.165, 1.54) is 4.90 Å². The first kappa shape index (κ1) is 17.1. The molecule has 1 aliphatic rings. The number of rotatable bonds is 4. The summed E-state index contributed by atoms with van der Waals surface area (Å²) in [5, 5.41) is 0. The van der Waals surface area contributed by atoms with Crippen LogP contribution in [0, 0.1) is 0 Å². The van der Waals surface area contributed by atoms with Crippen LogP contribution in [0.1, 0.15) is 12.8 Å². The van der Waals surface area contributed by atoms with Gasteiger partial charge in [-0.25, -0.2) is 4.79 Å². The average Bonchev–Trinajstić information content (AvgIpc) is 3.02. The van der Waals surface area contributed by atoms with E-state index in [1.54, 1.807) is 24.3 Å². The Balaban J connectivity index is 1.74. The summed E-state index contributed by atoms with van der Waals surface area (Å²) in [6.07, 6.45) is 1.21. The van der Waals surface area contributed by atoms with Crippen molar-refractivity contribution in [2.75, 3.05) is 13.2 Å². The number of hydrogen-bond donors (Lipinski definition) is 3. The molecule has 4 amide bonds. The molecule has 1 aromatic carbocycles. The molecule has 0 bridgehead atoms. The van der Waals surface area contributed by atoms with E-state index >= 15 is 0 Å². The first-order valence-corrected chi connectivity index (χ1v) is 7.80. The van der Waals surface area contributed by atoms with Crippen molar-refractivity contribution >= 4 is 33.8 Å². The SMILES string of the molecule is NC(=O)N1CCC[C@H]1C(=O)NNC(=O)COc1ccc(Br)cc1. The molecule has 1 aromatic rings. The lowest BCUT2D eigenvalue weighted by molar-refractivity contribution is -0.131. The van der Waals surface area contributed by atoms with Crippen molar-refractivity contribution in [2.45, 2.75) is 18.9 Å². The third-order valence-electron chi connectivity index (χ3n) is 3.35. The monoisotopic (exact) mass is 384 g/mol. The summed E-state index contributed by atoms with van der Waals surface area (Å²) in [4.78, 5) is 36.1. The number of hydrazine groups is 1. The van der Waals surface area contributed by atoms with Crippen LogP contribution in [0.4, 0.5) is 4.79 Å². The van der Waals surface area contributed by atoms with E-state index < -0.39 is 23.9 Å². The third kappa shape index (κ3) is 4.85. The predicted molar refractivity (Wildman–Crippen MR) is 85.2 cm³/mol. The van der Waals surface area contributed by atoms with E-state index in [9.17, 15) is 14.4 Å². The normalized spacial score (nSPS) is 16.7.